The van der Waals surface area contributed by atoms with Gasteiger partial charge in [-0.2, -0.15) is 0 Å². The minimum Gasteiger partial charge on any atom is -0.352 e. The molecule has 3 aromatic rings. The molecule has 0 heterocycles. The molecule has 0 spiro atoms. The Morgan fingerprint density at radius 1 is 0.939 bits per heavy atom. The van der Waals surface area contributed by atoms with Gasteiger partial charge >= 0.3 is 0 Å². The Morgan fingerprint density at radius 3 is 2.12 bits per heavy atom. The van der Waals surface area contributed by atoms with Gasteiger partial charge < -0.3 is 10.2 Å². The van der Waals surface area contributed by atoms with Crippen molar-refractivity contribution in [1.82, 2.24) is 5.32 Å². The average Bonchev–Trinajstić information content (AvgIpc) is 2.80. The van der Waals surface area contributed by atoms with Gasteiger partial charge in [-0.15, -0.1) is 0 Å². The first-order valence-corrected chi connectivity index (χ1v) is 10.2. The summed E-state index contributed by atoms with van der Waals surface area (Å²) in [6.45, 7) is 0.326. The standard InChI is InChI=1S/C23H18ClF2N3O4/c24-20-11-4-16(14-21(20)29(32)33)22(30)27-12-1-13-28(19-9-7-18(26)8-10-19)23(31)15-2-5-17(25)6-3-15/h2-11,14H,1,12-13H2,(H,27,30). The van der Waals surface area contributed by atoms with E-state index in [1.807, 2.05) is 0 Å². The summed E-state index contributed by atoms with van der Waals surface area (Å²) in [4.78, 5) is 37.0. The Kier molecular flexibility index (Phi) is 7.68. The molecule has 170 valence electrons. The van der Waals surface area contributed by atoms with Crippen LogP contribution in [0.15, 0.2) is 66.7 Å². The van der Waals surface area contributed by atoms with Gasteiger partial charge in [-0.1, -0.05) is 11.6 Å². The molecule has 3 aromatic carbocycles. The number of carbonyl (C=O) groups is 2. The monoisotopic (exact) mass is 473 g/mol. The van der Waals surface area contributed by atoms with Crippen molar-refractivity contribution < 1.29 is 23.3 Å². The van der Waals surface area contributed by atoms with Gasteiger partial charge in [0.05, 0.1) is 4.92 Å². The fraction of sp³-hybridized carbons (Fsp3) is 0.130. The molecule has 10 heteroatoms. The number of nitrogens with zero attached hydrogens (tertiary/aromatic N) is 2. The lowest BCUT2D eigenvalue weighted by atomic mass is 10.1. The van der Waals surface area contributed by atoms with Crippen LogP contribution in [0.4, 0.5) is 20.2 Å². The summed E-state index contributed by atoms with van der Waals surface area (Å²) in [7, 11) is 0. The van der Waals surface area contributed by atoms with E-state index >= 15 is 0 Å². The Bertz CT molecular complexity index is 1170. The predicted octanol–water partition coefficient (Wildman–Crippen LogP) is 4.99. The van der Waals surface area contributed by atoms with Gasteiger partial charge in [0.25, 0.3) is 17.5 Å². The van der Waals surface area contributed by atoms with Crippen molar-refractivity contribution in [3.63, 3.8) is 0 Å². The molecule has 0 bridgehead atoms. The Hall–Kier alpha value is -3.85. The molecule has 0 aliphatic heterocycles. The lowest BCUT2D eigenvalue weighted by molar-refractivity contribution is -0.384. The molecule has 33 heavy (non-hydrogen) atoms. The van der Waals surface area contributed by atoms with E-state index in [1.165, 1.54) is 65.6 Å². The van der Waals surface area contributed by atoms with Crippen LogP contribution in [-0.2, 0) is 0 Å². The summed E-state index contributed by atoms with van der Waals surface area (Å²) in [5.74, 6) is -1.89. The zero-order valence-electron chi connectivity index (χ0n) is 17.1. The smallest absolute Gasteiger partial charge is 0.288 e. The van der Waals surface area contributed by atoms with E-state index in [-0.39, 0.29) is 34.9 Å². The van der Waals surface area contributed by atoms with Gasteiger partial charge in [-0.05, 0) is 67.1 Å². The maximum absolute atomic E-state index is 13.3. The summed E-state index contributed by atoms with van der Waals surface area (Å²) in [5.41, 5.74) is 0.379. The van der Waals surface area contributed by atoms with Crippen molar-refractivity contribution in [3.05, 3.63) is 105 Å². The highest BCUT2D eigenvalue weighted by molar-refractivity contribution is 6.32. The first-order chi connectivity index (χ1) is 15.8. The summed E-state index contributed by atoms with van der Waals surface area (Å²) in [6, 6.07) is 14.1. The first-order valence-electron chi connectivity index (χ1n) is 9.81. The molecule has 0 aliphatic rings. The van der Waals surface area contributed by atoms with Crippen LogP contribution in [0.5, 0.6) is 0 Å². The zero-order chi connectivity index (χ0) is 24.0. The minimum absolute atomic E-state index is 0.0730. The summed E-state index contributed by atoms with van der Waals surface area (Å²) < 4.78 is 26.6. The lowest BCUT2D eigenvalue weighted by Gasteiger charge is -2.23. The molecule has 0 saturated carbocycles. The van der Waals surface area contributed by atoms with Crippen LogP contribution in [0.3, 0.4) is 0 Å². The fourth-order valence-corrected chi connectivity index (χ4v) is 3.24. The topological polar surface area (TPSA) is 92.6 Å². The van der Waals surface area contributed by atoms with Crippen molar-refractivity contribution in [2.75, 3.05) is 18.0 Å². The van der Waals surface area contributed by atoms with Gasteiger partial charge in [-0.3, -0.25) is 19.7 Å². The van der Waals surface area contributed by atoms with E-state index in [0.717, 1.165) is 6.07 Å². The number of rotatable bonds is 8. The number of anilines is 1. The lowest BCUT2D eigenvalue weighted by Crippen LogP contribution is -2.34. The highest BCUT2D eigenvalue weighted by Crippen LogP contribution is 2.25. The number of nitro benzene ring substituents is 1. The van der Waals surface area contributed by atoms with E-state index < -0.39 is 28.4 Å². The summed E-state index contributed by atoms with van der Waals surface area (Å²) in [6.07, 6.45) is 0.325. The van der Waals surface area contributed by atoms with E-state index in [1.54, 1.807) is 0 Å². The second-order valence-electron chi connectivity index (χ2n) is 6.97. The molecule has 0 unspecified atom stereocenters. The quantitative estimate of drug-likeness (QED) is 0.283. The van der Waals surface area contributed by atoms with Crippen LogP contribution in [-0.4, -0.2) is 29.8 Å². The van der Waals surface area contributed by atoms with Crippen molar-refractivity contribution >= 4 is 34.8 Å². The van der Waals surface area contributed by atoms with E-state index in [9.17, 15) is 28.5 Å². The van der Waals surface area contributed by atoms with Crippen molar-refractivity contribution in [2.24, 2.45) is 0 Å². The fourth-order valence-electron chi connectivity index (χ4n) is 3.05. The largest absolute Gasteiger partial charge is 0.352 e. The SMILES string of the molecule is O=C(NCCCN(C(=O)c1ccc(F)cc1)c1ccc(F)cc1)c1ccc(Cl)c([N+](=O)[O-])c1. The molecule has 0 radical (unpaired) electrons. The van der Waals surface area contributed by atoms with Gasteiger partial charge in [0, 0.05) is 36.0 Å². The van der Waals surface area contributed by atoms with Crippen molar-refractivity contribution in [1.29, 1.82) is 0 Å². The molecule has 0 atom stereocenters. The number of halogens is 3. The number of nitro groups is 1. The number of carbonyl (C=O) groups excluding carboxylic acids is 2. The third kappa shape index (κ3) is 6.11. The van der Waals surface area contributed by atoms with E-state index in [0.29, 0.717) is 12.1 Å². The minimum atomic E-state index is -0.680. The second-order valence-corrected chi connectivity index (χ2v) is 7.38. The van der Waals surface area contributed by atoms with Crippen LogP contribution < -0.4 is 10.2 Å². The van der Waals surface area contributed by atoms with Gasteiger partial charge in [0.15, 0.2) is 0 Å². The number of nitrogens with one attached hydrogen (secondary N) is 1. The highest BCUT2D eigenvalue weighted by atomic mass is 35.5. The van der Waals surface area contributed by atoms with Crippen LogP contribution in [0.25, 0.3) is 0 Å². The zero-order valence-corrected chi connectivity index (χ0v) is 17.9. The molecule has 3 rings (SSSR count). The van der Waals surface area contributed by atoms with Crippen molar-refractivity contribution in [2.45, 2.75) is 6.42 Å². The number of amides is 2. The van der Waals surface area contributed by atoms with Crippen LogP contribution in [0.2, 0.25) is 5.02 Å². The predicted molar refractivity (Wildman–Crippen MR) is 120 cm³/mol. The normalized spacial score (nSPS) is 10.5. The van der Waals surface area contributed by atoms with Gasteiger partial charge in [0.1, 0.15) is 16.7 Å². The number of benzene rings is 3. The Morgan fingerprint density at radius 2 is 1.52 bits per heavy atom. The van der Waals surface area contributed by atoms with Crippen LogP contribution in [0, 0.1) is 21.7 Å². The van der Waals surface area contributed by atoms with Crippen molar-refractivity contribution in [3.8, 4) is 0 Å². The molecule has 0 fully saturated rings. The highest BCUT2D eigenvalue weighted by Gasteiger charge is 2.19. The maximum Gasteiger partial charge on any atom is 0.288 e. The van der Waals surface area contributed by atoms with Crippen LogP contribution >= 0.6 is 11.6 Å². The molecular formula is C23H18ClF2N3O4. The average molecular weight is 474 g/mol. The number of hydrogen-bond acceptors (Lipinski definition) is 4. The molecule has 0 aromatic heterocycles. The summed E-state index contributed by atoms with van der Waals surface area (Å²) in [5, 5.41) is 13.6. The van der Waals surface area contributed by atoms with Gasteiger partial charge in [0.2, 0.25) is 0 Å². The third-order valence-corrected chi connectivity index (χ3v) is 5.04. The third-order valence-electron chi connectivity index (χ3n) is 4.72. The molecule has 1 N–H and O–H groups in total. The second kappa shape index (κ2) is 10.6. The molecule has 7 nitrogen and oxygen atoms in total. The maximum atomic E-state index is 13.3. The van der Waals surface area contributed by atoms with E-state index in [4.69, 9.17) is 11.6 Å². The first kappa shape index (κ1) is 23.8. The Labute approximate surface area is 192 Å². The summed E-state index contributed by atoms with van der Waals surface area (Å²) >= 11 is 5.76. The molecule has 0 saturated heterocycles. The molecular weight excluding hydrogens is 456 g/mol. The van der Waals surface area contributed by atoms with Crippen LogP contribution in [0.1, 0.15) is 27.1 Å². The number of hydrogen-bond donors (Lipinski definition) is 1. The Balaban J connectivity index is 1.67. The molecule has 0 aliphatic carbocycles. The van der Waals surface area contributed by atoms with E-state index in [2.05, 4.69) is 5.32 Å². The van der Waals surface area contributed by atoms with Gasteiger partial charge in [-0.25, -0.2) is 8.78 Å². The molecule has 2 amide bonds.